The van der Waals surface area contributed by atoms with Gasteiger partial charge in [0, 0.05) is 43.4 Å². The van der Waals surface area contributed by atoms with E-state index < -0.39 is 0 Å². The van der Waals surface area contributed by atoms with Crippen LogP contribution in [0.2, 0.25) is 0 Å². The summed E-state index contributed by atoms with van der Waals surface area (Å²) in [6.07, 6.45) is 2.33. The summed E-state index contributed by atoms with van der Waals surface area (Å²) in [5.41, 5.74) is 3.43. The maximum atomic E-state index is 12.3. The van der Waals surface area contributed by atoms with Gasteiger partial charge in [0.15, 0.2) is 0 Å². The lowest BCUT2D eigenvalue weighted by molar-refractivity contribution is 0.0280. The quantitative estimate of drug-likeness (QED) is 0.639. The van der Waals surface area contributed by atoms with Gasteiger partial charge in [0.25, 0.3) is 5.91 Å². The first kappa shape index (κ1) is 20.3. The number of methoxy groups -OCH3 is 1. The zero-order valence-electron chi connectivity index (χ0n) is 18.0. The lowest BCUT2D eigenvalue weighted by Gasteiger charge is -2.49. The van der Waals surface area contributed by atoms with Gasteiger partial charge in [0.1, 0.15) is 5.75 Å². The summed E-state index contributed by atoms with van der Waals surface area (Å²) in [5, 5.41) is 9.89. The van der Waals surface area contributed by atoms with Gasteiger partial charge in [-0.3, -0.25) is 14.4 Å². The van der Waals surface area contributed by atoms with Crippen LogP contribution in [0, 0.1) is 5.92 Å². The number of aryl methyl sites for hydroxylation is 1. The Morgan fingerprint density at radius 1 is 1.29 bits per heavy atom. The fraction of sp³-hybridized carbons (Fsp3) is 0.417. The topological polar surface area (TPSA) is 59.4 Å². The van der Waals surface area contributed by atoms with E-state index in [9.17, 15) is 4.79 Å². The second-order valence-electron chi connectivity index (χ2n) is 8.53. The molecule has 6 nitrogen and oxygen atoms in total. The van der Waals surface area contributed by atoms with Gasteiger partial charge >= 0.3 is 0 Å². The number of piperidine rings is 3. The summed E-state index contributed by atoms with van der Waals surface area (Å²) in [5.74, 6) is 2.02. The summed E-state index contributed by atoms with van der Waals surface area (Å²) >= 11 is 1.49. The number of nitrogens with one attached hydrogen (secondary N) is 1. The van der Waals surface area contributed by atoms with E-state index in [1.54, 1.807) is 7.11 Å². The summed E-state index contributed by atoms with van der Waals surface area (Å²) in [7, 11) is 3.74. The highest BCUT2D eigenvalue weighted by Gasteiger charge is 2.41. The highest BCUT2D eigenvalue weighted by Crippen LogP contribution is 2.42. The monoisotopic (exact) mass is 436 g/mol. The second-order valence-corrected chi connectivity index (χ2v) is 9.48. The van der Waals surface area contributed by atoms with Crippen LogP contribution in [0.4, 0.5) is 0 Å². The standard InChI is InChI=1S/C24H28N4O2S/c1-27-22(13-21(26-27)16-5-7-19(30-2)8-6-16)20-15-28-10-9-17(20)12-18(28)14-25-24(29)23-4-3-11-31-23/h3-8,11,13,17-18,20H,9-10,12,14-15H2,1-2H3,(H,25,29)/t17-,18+,20-/m0/s1. The van der Waals surface area contributed by atoms with Crippen LogP contribution in [0.1, 0.15) is 34.1 Å². The lowest BCUT2D eigenvalue weighted by atomic mass is 9.74. The molecule has 0 spiro atoms. The Bertz CT molecular complexity index is 1040. The number of carbonyl (C=O) groups is 1. The number of ether oxygens (including phenoxy) is 1. The summed E-state index contributed by atoms with van der Waals surface area (Å²) in [6.45, 7) is 2.87. The van der Waals surface area contributed by atoms with E-state index in [0.29, 0.717) is 17.9 Å². The SMILES string of the molecule is COc1ccc(-c2cc([C@H]3CN4CC[C@H]3C[C@@H]4CNC(=O)c3cccs3)n(C)n2)cc1. The minimum atomic E-state index is 0.0463. The van der Waals surface area contributed by atoms with Gasteiger partial charge < -0.3 is 10.1 Å². The largest absolute Gasteiger partial charge is 0.497 e. The predicted molar refractivity (Wildman–Crippen MR) is 123 cm³/mol. The van der Waals surface area contributed by atoms with Crippen molar-refractivity contribution in [2.24, 2.45) is 13.0 Å². The Morgan fingerprint density at radius 3 is 2.81 bits per heavy atom. The molecule has 1 unspecified atom stereocenters. The molecule has 162 valence electrons. The number of benzene rings is 1. The van der Waals surface area contributed by atoms with Crippen LogP contribution in [0.25, 0.3) is 11.3 Å². The molecule has 0 saturated carbocycles. The third kappa shape index (κ3) is 4.00. The third-order valence-electron chi connectivity index (χ3n) is 6.80. The van der Waals surface area contributed by atoms with Crippen LogP contribution >= 0.6 is 11.3 Å². The van der Waals surface area contributed by atoms with E-state index in [0.717, 1.165) is 47.9 Å². The average molecular weight is 437 g/mol. The molecule has 1 N–H and O–H groups in total. The van der Waals surface area contributed by atoms with E-state index in [1.165, 1.54) is 23.5 Å². The third-order valence-corrected chi connectivity index (χ3v) is 7.67. The summed E-state index contributed by atoms with van der Waals surface area (Å²) < 4.78 is 7.33. The van der Waals surface area contributed by atoms with Gasteiger partial charge in [-0.1, -0.05) is 6.07 Å². The molecular weight excluding hydrogens is 408 g/mol. The predicted octanol–water partition coefficient (Wildman–Crippen LogP) is 3.77. The zero-order chi connectivity index (χ0) is 21.4. The minimum Gasteiger partial charge on any atom is -0.497 e. The molecule has 0 aliphatic carbocycles. The van der Waals surface area contributed by atoms with Gasteiger partial charge in [-0.25, -0.2) is 0 Å². The van der Waals surface area contributed by atoms with Gasteiger partial charge in [-0.15, -0.1) is 11.3 Å². The summed E-state index contributed by atoms with van der Waals surface area (Å²) in [6, 6.07) is 14.6. The molecular formula is C24H28N4O2S. The van der Waals surface area contributed by atoms with Crippen molar-refractivity contribution in [3.05, 3.63) is 58.4 Å². The number of hydrogen-bond donors (Lipinski definition) is 1. The molecule has 3 saturated heterocycles. The first-order valence-corrected chi connectivity index (χ1v) is 11.7. The molecule has 1 amide bonds. The molecule has 2 aromatic heterocycles. The number of fused-ring (bicyclic) bond motifs is 3. The van der Waals surface area contributed by atoms with Crippen molar-refractivity contribution >= 4 is 17.2 Å². The molecule has 3 aliphatic rings. The first-order valence-electron chi connectivity index (χ1n) is 10.9. The highest BCUT2D eigenvalue weighted by atomic mass is 32.1. The number of carbonyl (C=O) groups excluding carboxylic acids is 1. The molecule has 4 atom stereocenters. The molecule has 3 fully saturated rings. The van der Waals surface area contributed by atoms with Crippen molar-refractivity contribution in [1.29, 1.82) is 0 Å². The Hall–Kier alpha value is -2.64. The smallest absolute Gasteiger partial charge is 0.261 e. The van der Waals surface area contributed by atoms with Crippen LogP contribution in [0.15, 0.2) is 47.8 Å². The Morgan fingerprint density at radius 2 is 2.13 bits per heavy atom. The van der Waals surface area contributed by atoms with Crippen molar-refractivity contribution in [3.8, 4) is 17.0 Å². The fourth-order valence-corrected chi connectivity index (χ4v) is 5.76. The van der Waals surface area contributed by atoms with Crippen LogP contribution in [-0.2, 0) is 7.05 Å². The van der Waals surface area contributed by atoms with E-state index in [-0.39, 0.29) is 5.91 Å². The molecule has 5 heterocycles. The van der Waals surface area contributed by atoms with Crippen molar-refractivity contribution in [1.82, 2.24) is 20.0 Å². The molecule has 3 aliphatic heterocycles. The minimum absolute atomic E-state index is 0.0463. The molecule has 6 rings (SSSR count). The second kappa shape index (κ2) is 8.48. The highest BCUT2D eigenvalue weighted by molar-refractivity contribution is 7.12. The molecule has 2 bridgehead atoms. The Kier molecular flexibility index (Phi) is 5.54. The van der Waals surface area contributed by atoms with Gasteiger partial charge in [0.05, 0.1) is 17.7 Å². The maximum absolute atomic E-state index is 12.3. The molecule has 1 aromatic carbocycles. The van der Waals surface area contributed by atoms with E-state index >= 15 is 0 Å². The molecule has 7 heteroatoms. The fourth-order valence-electron chi connectivity index (χ4n) is 5.12. The number of amides is 1. The molecule has 31 heavy (non-hydrogen) atoms. The van der Waals surface area contributed by atoms with Crippen LogP contribution in [0.5, 0.6) is 5.75 Å². The van der Waals surface area contributed by atoms with E-state index in [4.69, 9.17) is 9.84 Å². The Labute approximate surface area is 186 Å². The number of aromatic nitrogens is 2. The molecule has 0 radical (unpaired) electrons. The first-order chi connectivity index (χ1) is 15.1. The number of thiophene rings is 1. The Balaban J connectivity index is 1.26. The zero-order valence-corrected chi connectivity index (χ0v) is 18.8. The van der Waals surface area contributed by atoms with Crippen molar-refractivity contribution in [3.63, 3.8) is 0 Å². The van der Waals surface area contributed by atoms with Gasteiger partial charge in [-0.2, -0.15) is 5.10 Å². The lowest BCUT2D eigenvalue weighted by Crippen LogP contribution is -2.56. The average Bonchev–Trinajstić information content (AvgIpc) is 3.48. The van der Waals surface area contributed by atoms with Gasteiger partial charge in [0.2, 0.25) is 0 Å². The van der Waals surface area contributed by atoms with Crippen molar-refractivity contribution < 1.29 is 9.53 Å². The number of rotatable bonds is 6. The van der Waals surface area contributed by atoms with E-state index in [2.05, 4.69) is 40.1 Å². The van der Waals surface area contributed by atoms with Crippen LogP contribution in [-0.4, -0.2) is 53.4 Å². The maximum Gasteiger partial charge on any atom is 0.261 e. The van der Waals surface area contributed by atoms with Crippen molar-refractivity contribution in [2.75, 3.05) is 26.7 Å². The van der Waals surface area contributed by atoms with Crippen molar-refractivity contribution in [2.45, 2.75) is 24.8 Å². The molecule has 3 aromatic rings. The van der Waals surface area contributed by atoms with Crippen LogP contribution < -0.4 is 10.1 Å². The van der Waals surface area contributed by atoms with Gasteiger partial charge in [-0.05, 0) is 67.1 Å². The normalized spacial score (nSPS) is 24.8. The number of nitrogens with zero attached hydrogens (tertiary/aromatic N) is 3. The van der Waals surface area contributed by atoms with E-state index in [1.807, 2.05) is 29.6 Å². The summed E-state index contributed by atoms with van der Waals surface area (Å²) in [4.78, 5) is 15.7. The number of hydrogen-bond acceptors (Lipinski definition) is 5. The van der Waals surface area contributed by atoms with Crippen LogP contribution in [0.3, 0.4) is 0 Å².